The van der Waals surface area contributed by atoms with Crippen LogP contribution in [0.4, 0.5) is 5.82 Å². The molecule has 1 aliphatic rings. The van der Waals surface area contributed by atoms with Crippen molar-refractivity contribution in [3.8, 4) is 5.75 Å². The fourth-order valence-corrected chi connectivity index (χ4v) is 3.33. The van der Waals surface area contributed by atoms with Crippen molar-refractivity contribution < 1.29 is 19.1 Å². The summed E-state index contributed by atoms with van der Waals surface area (Å²) in [4.78, 5) is 47.5. The quantitative estimate of drug-likeness (QED) is 0.733. The molecule has 9 heteroatoms. The van der Waals surface area contributed by atoms with Crippen molar-refractivity contribution in [2.45, 2.75) is 32.7 Å². The minimum Gasteiger partial charge on any atom is -0.496 e. The van der Waals surface area contributed by atoms with Crippen LogP contribution in [-0.2, 0) is 4.79 Å². The number of rotatable bonds is 6. The summed E-state index contributed by atoms with van der Waals surface area (Å²) >= 11 is 0. The summed E-state index contributed by atoms with van der Waals surface area (Å²) in [5, 5.41) is 5.59. The van der Waals surface area contributed by atoms with Gasteiger partial charge in [0.25, 0.3) is 11.8 Å². The lowest BCUT2D eigenvalue weighted by Gasteiger charge is -2.32. The Morgan fingerprint density at radius 2 is 1.77 bits per heavy atom. The summed E-state index contributed by atoms with van der Waals surface area (Å²) in [5.74, 6) is -0.290. The van der Waals surface area contributed by atoms with Crippen LogP contribution < -0.4 is 15.4 Å². The molecule has 0 aliphatic carbocycles. The van der Waals surface area contributed by atoms with Crippen LogP contribution in [0.25, 0.3) is 0 Å². The Kier molecular flexibility index (Phi) is 7.17. The van der Waals surface area contributed by atoms with Gasteiger partial charge in [0, 0.05) is 37.4 Å². The Morgan fingerprint density at radius 3 is 2.45 bits per heavy atom. The zero-order valence-electron chi connectivity index (χ0n) is 17.9. The number of benzene rings is 1. The lowest BCUT2D eigenvalue weighted by atomic mass is 10.0. The van der Waals surface area contributed by atoms with Crippen LogP contribution in [0.3, 0.4) is 0 Å². The summed E-state index contributed by atoms with van der Waals surface area (Å²) in [6.07, 6.45) is 4.06. The Bertz CT molecular complexity index is 954. The predicted molar refractivity (Wildman–Crippen MR) is 115 cm³/mol. The van der Waals surface area contributed by atoms with Crippen LogP contribution in [-0.4, -0.2) is 58.8 Å². The summed E-state index contributed by atoms with van der Waals surface area (Å²) in [6.45, 7) is 4.54. The van der Waals surface area contributed by atoms with Gasteiger partial charge in [0.1, 0.15) is 5.75 Å². The number of hydrogen-bond donors (Lipinski definition) is 2. The summed E-state index contributed by atoms with van der Waals surface area (Å²) in [5.41, 5.74) is 0.599. The summed E-state index contributed by atoms with van der Waals surface area (Å²) < 4.78 is 5.29. The molecule has 0 radical (unpaired) electrons. The molecule has 3 rings (SSSR count). The van der Waals surface area contributed by atoms with Gasteiger partial charge in [-0.3, -0.25) is 14.4 Å². The van der Waals surface area contributed by atoms with E-state index in [0.29, 0.717) is 37.2 Å². The van der Waals surface area contributed by atoms with E-state index in [9.17, 15) is 14.4 Å². The number of para-hydroxylation sites is 1. The van der Waals surface area contributed by atoms with Gasteiger partial charge in [-0.25, -0.2) is 9.97 Å². The van der Waals surface area contributed by atoms with Crippen molar-refractivity contribution in [1.82, 2.24) is 20.2 Å². The molecule has 1 aromatic carbocycles. The average Bonchev–Trinajstić information content (AvgIpc) is 2.79. The first-order chi connectivity index (χ1) is 14.9. The number of amides is 3. The van der Waals surface area contributed by atoms with Gasteiger partial charge in [-0.2, -0.15) is 0 Å². The van der Waals surface area contributed by atoms with Crippen LogP contribution in [0.15, 0.2) is 36.7 Å². The first-order valence-corrected chi connectivity index (χ1v) is 10.3. The smallest absolute Gasteiger partial charge is 0.273 e. The van der Waals surface area contributed by atoms with Crippen molar-refractivity contribution >= 4 is 23.5 Å². The lowest BCUT2D eigenvalue weighted by Crippen LogP contribution is -2.46. The molecule has 0 atom stereocenters. The number of methoxy groups -OCH3 is 1. The highest BCUT2D eigenvalue weighted by molar-refractivity contribution is 6.01. The number of ether oxygens (including phenoxy) is 1. The molecule has 9 nitrogen and oxygen atoms in total. The van der Waals surface area contributed by atoms with Gasteiger partial charge in [0.15, 0.2) is 11.5 Å². The van der Waals surface area contributed by atoms with Gasteiger partial charge >= 0.3 is 0 Å². The Morgan fingerprint density at radius 1 is 1.10 bits per heavy atom. The monoisotopic (exact) mass is 425 g/mol. The van der Waals surface area contributed by atoms with Gasteiger partial charge in [-0.15, -0.1) is 0 Å². The average molecular weight is 425 g/mol. The van der Waals surface area contributed by atoms with Crippen molar-refractivity contribution in [2.24, 2.45) is 5.92 Å². The van der Waals surface area contributed by atoms with Gasteiger partial charge in [0.2, 0.25) is 5.91 Å². The summed E-state index contributed by atoms with van der Waals surface area (Å²) in [6, 6.07) is 7.03. The second-order valence-electron chi connectivity index (χ2n) is 7.64. The normalized spacial score (nSPS) is 14.3. The van der Waals surface area contributed by atoms with Crippen LogP contribution in [0.1, 0.15) is 47.5 Å². The van der Waals surface area contributed by atoms with E-state index < -0.39 is 5.91 Å². The molecule has 2 N–H and O–H groups in total. The molecule has 164 valence electrons. The highest BCUT2D eigenvalue weighted by Gasteiger charge is 2.27. The van der Waals surface area contributed by atoms with Crippen LogP contribution >= 0.6 is 0 Å². The van der Waals surface area contributed by atoms with Crippen molar-refractivity contribution in [3.05, 3.63) is 47.9 Å². The molecule has 0 unspecified atom stereocenters. The van der Waals surface area contributed by atoms with E-state index in [-0.39, 0.29) is 35.3 Å². The molecule has 0 bridgehead atoms. The molecule has 1 saturated heterocycles. The van der Waals surface area contributed by atoms with Crippen LogP contribution in [0, 0.1) is 5.92 Å². The zero-order valence-corrected chi connectivity index (χ0v) is 17.9. The topological polar surface area (TPSA) is 114 Å². The molecular weight excluding hydrogens is 398 g/mol. The number of nitrogens with zero attached hydrogens (tertiary/aromatic N) is 3. The third-order valence-electron chi connectivity index (χ3n) is 5.13. The highest BCUT2D eigenvalue weighted by Crippen LogP contribution is 2.22. The SMILES string of the molecule is COc1ccccc1C(=O)N1CCC(NC(=O)c2nccnc2NC(=O)C(C)C)CC1. The minimum absolute atomic E-state index is 0.0732. The maximum absolute atomic E-state index is 12.8. The molecular formula is C22H27N5O4. The van der Waals surface area contributed by atoms with Crippen LogP contribution in [0.5, 0.6) is 5.75 Å². The second kappa shape index (κ2) is 10.0. The third kappa shape index (κ3) is 5.36. The summed E-state index contributed by atoms with van der Waals surface area (Å²) in [7, 11) is 1.54. The molecule has 0 spiro atoms. The molecule has 1 fully saturated rings. The molecule has 0 saturated carbocycles. The maximum atomic E-state index is 12.8. The Balaban J connectivity index is 1.60. The fourth-order valence-electron chi connectivity index (χ4n) is 3.33. The zero-order chi connectivity index (χ0) is 22.4. The molecule has 3 amide bonds. The van der Waals surface area contributed by atoms with Gasteiger partial charge < -0.3 is 20.3 Å². The number of hydrogen-bond acceptors (Lipinski definition) is 6. The predicted octanol–water partition coefficient (Wildman–Crippen LogP) is 2.11. The maximum Gasteiger partial charge on any atom is 0.273 e. The van der Waals surface area contributed by atoms with Crippen molar-refractivity contribution in [1.29, 1.82) is 0 Å². The second-order valence-corrected chi connectivity index (χ2v) is 7.64. The van der Waals surface area contributed by atoms with E-state index in [2.05, 4.69) is 20.6 Å². The van der Waals surface area contributed by atoms with E-state index in [0.717, 1.165) is 0 Å². The Labute approximate surface area is 181 Å². The van der Waals surface area contributed by atoms with E-state index in [1.807, 2.05) is 6.07 Å². The number of aromatic nitrogens is 2. The highest BCUT2D eigenvalue weighted by atomic mass is 16.5. The van der Waals surface area contributed by atoms with Crippen molar-refractivity contribution in [2.75, 3.05) is 25.5 Å². The minimum atomic E-state index is -0.401. The number of piperidine rings is 1. The molecule has 1 aromatic heterocycles. The first-order valence-electron chi connectivity index (χ1n) is 10.3. The third-order valence-corrected chi connectivity index (χ3v) is 5.13. The van der Waals surface area contributed by atoms with Gasteiger partial charge in [-0.1, -0.05) is 26.0 Å². The van der Waals surface area contributed by atoms with Crippen molar-refractivity contribution in [3.63, 3.8) is 0 Å². The van der Waals surface area contributed by atoms with E-state index >= 15 is 0 Å². The van der Waals surface area contributed by atoms with E-state index in [1.165, 1.54) is 19.5 Å². The number of carbonyl (C=O) groups is 3. The number of carbonyl (C=O) groups excluding carboxylic acids is 3. The largest absolute Gasteiger partial charge is 0.496 e. The van der Waals surface area contributed by atoms with Gasteiger partial charge in [-0.05, 0) is 25.0 Å². The van der Waals surface area contributed by atoms with Gasteiger partial charge in [0.05, 0.1) is 12.7 Å². The number of anilines is 1. The van der Waals surface area contributed by atoms with E-state index in [1.54, 1.807) is 36.9 Å². The number of nitrogens with one attached hydrogen (secondary N) is 2. The first kappa shape index (κ1) is 22.2. The van der Waals surface area contributed by atoms with Crippen LogP contribution in [0.2, 0.25) is 0 Å². The molecule has 31 heavy (non-hydrogen) atoms. The molecule has 2 aromatic rings. The standard InChI is InChI=1S/C22H27N5O4/c1-14(2)20(28)26-19-18(23-10-11-24-19)21(29)25-15-8-12-27(13-9-15)22(30)16-6-4-5-7-17(16)31-3/h4-7,10-11,14-15H,8-9,12-13H2,1-3H3,(H,25,29)(H,24,26,28). The Hall–Kier alpha value is -3.49. The number of likely N-dealkylation sites (tertiary alicyclic amines) is 1. The molecule has 2 heterocycles. The van der Waals surface area contributed by atoms with E-state index in [4.69, 9.17) is 4.74 Å². The molecule has 1 aliphatic heterocycles. The fraction of sp³-hybridized carbons (Fsp3) is 0.409. The lowest BCUT2D eigenvalue weighted by molar-refractivity contribution is -0.118.